The fourth-order valence-electron chi connectivity index (χ4n) is 2.13. The van der Waals surface area contributed by atoms with Gasteiger partial charge in [0, 0.05) is 23.2 Å². The predicted molar refractivity (Wildman–Crippen MR) is 76.0 cm³/mol. The van der Waals surface area contributed by atoms with Crippen molar-refractivity contribution >= 4 is 22.3 Å². The molecule has 0 aliphatic heterocycles. The van der Waals surface area contributed by atoms with Crippen LogP contribution >= 0.6 is 11.3 Å². The molecule has 0 amide bonds. The number of rotatable bonds is 4. The molecule has 0 spiro atoms. The topological polar surface area (TPSA) is 57.8 Å². The molecule has 0 bridgehead atoms. The molecule has 1 N–H and O–H groups in total. The Hall–Kier alpha value is -1.40. The molecule has 5 nitrogen and oxygen atoms in total. The lowest BCUT2D eigenvalue weighted by molar-refractivity contribution is -0.148. The third-order valence-electron chi connectivity index (χ3n) is 3.79. The van der Waals surface area contributed by atoms with Gasteiger partial charge in [-0.25, -0.2) is 4.98 Å². The number of fused-ring (bicyclic) bond motifs is 1. The van der Waals surface area contributed by atoms with E-state index in [4.69, 9.17) is 0 Å². The van der Waals surface area contributed by atoms with Gasteiger partial charge in [0.05, 0.1) is 5.69 Å². The minimum Gasteiger partial charge on any atom is -0.480 e. The summed E-state index contributed by atoms with van der Waals surface area (Å²) in [5, 5.41) is 11.6. The number of aromatic nitrogens is 2. The number of nitrogens with zero attached hydrogens (tertiary/aromatic N) is 3. The molecule has 1 atom stereocenters. The first kappa shape index (κ1) is 14.0. The van der Waals surface area contributed by atoms with Crippen molar-refractivity contribution in [1.82, 2.24) is 14.3 Å². The van der Waals surface area contributed by atoms with E-state index in [9.17, 15) is 9.90 Å². The number of carboxylic acids is 1. The van der Waals surface area contributed by atoms with Crippen LogP contribution in [0.2, 0.25) is 0 Å². The number of carbonyl (C=O) groups is 1. The molecule has 0 aromatic carbocycles. The molecule has 0 fully saturated rings. The molecule has 1 unspecified atom stereocenters. The molecule has 104 valence electrons. The van der Waals surface area contributed by atoms with E-state index in [1.165, 1.54) is 0 Å². The summed E-state index contributed by atoms with van der Waals surface area (Å²) in [4.78, 5) is 18.8. The van der Waals surface area contributed by atoms with Gasteiger partial charge in [-0.05, 0) is 34.9 Å². The van der Waals surface area contributed by atoms with Crippen molar-refractivity contribution < 1.29 is 9.90 Å². The Kier molecular flexibility index (Phi) is 3.40. The van der Waals surface area contributed by atoms with E-state index >= 15 is 0 Å². The lowest BCUT2D eigenvalue weighted by Gasteiger charge is -2.32. The van der Waals surface area contributed by atoms with E-state index < -0.39 is 11.5 Å². The minimum absolute atomic E-state index is 0.430. The van der Waals surface area contributed by atoms with Gasteiger partial charge < -0.3 is 5.11 Å². The van der Waals surface area contributed by atoms with E-state index in [-0.39, 0.29) is 0 Å². The molecule has 6 heteroatoms. The Morgan fingerprint density at radius 2 is 2.16 bits per heavy atom. The third kappa shape index (κ3) is 2.15. The van der Waals surface area contributed by atoms with Crippen LogP contribution in [0.25, 0.3) is 4.96 Å². The summed E-state index contributed by atoms with van der Waals surface area (Å²) < 4.78 is 2.06. The number of thiazole rings is 1. The quantitative estimate of drug-likeness (QED) is 0.930. The second kappa shape index (κ2) is 4.61. The fourth-order valence-corrected chi connectivity index (χ4v) is 3.06. The van der Waals surface area contributed by atoms with Crippen molar-refractivity contribution in [3.63, 3.8) is 0 Å². The van der Waals surface area contributed by atoms with Crippen LogP contribution in [0.5, 0.6) is 0 Å². The highest BCUT2D eigenvalue weighted by molar-refractivity contribution is 7.15. The van der Waals surface area contributed by atoms with Crippen LogP contribution in [-0.2, 0) is 11.2 Å². The maximum atomic E-state index is 11.6. The van der Waals surface area contributed by atoms with Gasteiger partial charge in [-0.1, -0.05) is 0 Å². The molecule has 0 aliphatic rings. The largest absolute Gasteiger partial charge is 0.480 e. The zero-order valence-electron chi connectivity index (χ0n) is 11.9. The monoisotopic (exact) mass is 281 g/mol. The maximum Gasteiger partial charge on any atom is 0.324 e. The van der Waals surface area contributed by atoms with Crippen molar-refractivity contribution in [3.05, 3.63) is 22.5 Å². The van der Waals surface area contributed by atoms with Crippen LogP contribution in [0.15, 0.2) is 5.38 Å². The maximum absolute atomic E-state index is 11.6. The summed E-state index contributed by atoms with van der Waals surface area (Å²) >= 11 is 1.58. The average molecular weight is 281 g/mol. The van der Waals surface area contributed by atoms with Crippen LogP contribution in [0.1, 0.15) is 24.0 Å². The molecule has 2 aromatic rings. The zero-order chi connectivity index (χ0) is 14.4. The normalized spacial score (nSPS) is 15.1. The van der Waals surface area contributed by atoms with Crippen LogP contribution in [0.3, 0.4) is 0 Å². The van der Waals surface area contributed by atoms with Gasteiger partial charge >= 0.3 is 5.97 Å². The second-order valence-electron chi connectivity index (χ2n) is 5.29. The lowest BCUT2D eigenvalue weighted by Crippen LogP contribution is -2.50. The van der Waals surface area contributed by atoms with Crippen molar-refractivity contribution in [2.24, 2.45) is 0 Å². The number of hydrogen-bond donors (Lipinski definition) is 1. The molecule has 2 heterocycles. The number of aliphatic carboxylic acids is 1. The minimum atomic E-state index is -0.935. The molecule has 0 radical (unpaired) electrons. The molecule has 0 aliphatic carbocycles. The summed E-state index contributed by atoms with van der Waals surface area (Å²) in [7, 11) is 3.59. The predicted octanol–water partition coefficient (Wildman–Crippen LogP) is 1.96. The summed E-state index contributed by atoms with van der Waals surface area (Å²) in [5.74, 6) is -0.820. The second-order valence-corrected chi connectivity index (χ2v) is 6.13. The van der Waals surface area contributed by atoms with Crippen molar-refractivity contribution in [3.8, 4) is 0 Å². The lowest BCUT2D eigenvalue weighted by atomic mass is 9.93. The molecule has 2 aromatic heterocycles. The van der Waals surface area contributed by atoms with Gasteiger partial charge in [0.15, 0.2) is 4.96 Å². The molecular formula is C13H19N3O2S. The molecule has 0 saturated carbocycles. The third-order valence-corrected chi connectivity index (χ3v) is 4.73. The first-order valence-electron chi connectivity index (χ1n) is 6.10. The molecule has 2 rings (SSSR count). The number of imidazole rings is 1. The average Bonchev–Trinajstić information content (AvgIpc) is 2.80. The summed E-state index contributed by atoms with van der Waals surface area (Å²) in [5.41, 5.74) is 2.05. The Morgan fingerprint density at radius 1 is 1.53 bits per heavy atom. The van der Waals surface area contributed by atoms with Crippen molar-refractivity contribution in [1.29, 1.82) is 0 Å². The molecular weight excluding hydrogens is 262 g/mol. The summed E-state index contributed by atoms with van der Waals surface area (Å²) in [6.07, 6.45) is 0.430. The van der Waals surface area contributed by atoms with Crippen LogP contribution in [0, 0.1) is 13.8 Å². The van der Waals surface area contributed by atoms with Gasteiger partial charge in [0.1, 0.15) is 5.54 Å². The van der Waals surface area contributed by atoms with Crippen molar-refractivity contribution in [2.45, 2.75) is 32.7 Å². The van der Waals surface area contributed by atoms with E-state index in [1.54, 1.807) is 37.3 Å². The van der Waals surface area contributed by atoms with E-state index in [0.29, 0.717) is 6.42 Å². The number of aryl methyl sites for hydroxylation is 2. The Balaban J connectivity index is 2.53. The highest BCUT2D eigenvalue weighted by Crippen LogP contribution is 2.26. The zero-order valence-corrected chi connectivity index (χ0v) is 12.7. The molecule has 19 heavy (non-hydrogen) atoms. The van der Waals surface area contributed by atoms with E-state index in [1.807, 2.05) is 19.2 Å². The van der Waals surface area contributed by atoms with Crippen LogP contribution < -0.4 is 0 Å². The van der Waals surface area contributed by atoms with Gasteiger partial charge in [-0.2, -0.15) is 0 Å². The highest BCUT2D eigenvalue weighted by atomic mass is 32.1. The Morgan fingerprint density at radius 3 is 2.68 bits per heavy atom. The Labute approximate surface area is 116 Å². The van der Waals surface area contributed by atoms with Gasteiger partial charge in [0.25, 0.3) is 0 Å². The Bertz CT molecular complexity index is 629. The van der Waals surface area contributed by atoms with Crippen LogP contribution in [-0.4, -0.2) is 45.0 Å². The first-order chi connectivity index (χ1) is 8.77. The standard InChI is InChI=1S/C13H19N3O2S/c1-8-7-19-12-14-9(2)10(16(8)12)6-13(3,11(17)18)15(4)5/h7H,6H2,1-5H3,(H,17,18). The van der Waals surface area contributed by atoms with Crippen molar-refractivity contribution in [2.75, 3.05) is 14.1 Å². The van der Waals surface area contributed by atoms with E-state index in [2.05, 4.69) is 9.38 Å². The van der Waals surface area contributed by atoms with Gasteiger partial charge in [-0.15, -0.1) is 11.3 Å². The number of likely N-dealkylation sites (N-methyl/N-ethyl adjacent to an activating group) is 1. The highest BCUT2D eigenvalue weighted by Gasteiger charge is 2.37. The smallest absolute Gasteiger partial charge is 0.324 e. The number of hydrogen-bond acceptors (Lipinski definition) is 4. The van der Waals surface area contributed by atoms with E-state index in [0.717, 1.165) is 22.0 Å². The van der Waals surface area contributed by atoms with Gasteiger partial charge in [-0.3, -0.25) is 14.1 Å². The SMILES string of the molecule is Cc1nc2scc(C)n2c1CC(C)(C(=O)O)N(C)C. The number of carboxylic acid groups (broad SMARTS) is 1. The van der Waals surface area contributed by atoms with Crippen LogP contribution in [0.4, 0.5) is 0 Å². The molecule has 0 saturated heterocycles. The summed E-state index contributed by atoms with van der Waals surface area (Å²) in [6, 6.07) is 0. The first-order valence-corrected chi connectivity index (χ1v) is 6.98. The fraction of sp³-hybridized carbons (Fsp3) is 0.538. The van der Waals surface area contributed by atoms with Gasteiger partial charge in [0.2, 0.25) is 0 Å². The summed E-state index contributed by atoms with van der Waals surface area (Å²) in [6.45, 7) is 5.70.